The number of benzene rings is 1. The monoisotopic (exact) mass is 486 g/mol. The number of nitrogens with one attached hydrogen (secondary N) is 1. The summed E-state index contributed by atoms with van der Waals surface area (Å²) in [5, 5.41) is 13.0. The van der Waals surface area contributed by atoms with Crippen LogP contribution in [-0.4, -0.2) is 46.7 Å². The molecule has 0 bridgehead atoms. The Morgan fingerprint density at radius 2 is 2.15 bits per heavy atom. The van der Waals surface area contributed by atoms with Crippen molar-refractivity contribution in [3.05, 3.63) is 54.0 Å². The molecule has 1 saturated heterocycles. The summed E-state index contributed by atoms with van der Waals surface area (Å²) in [6.07, 6.45) is 2.13. The third-order valence-corrected chi connectivity index (χ3v) is 4.04. The molecule has 1 atom stereocenters. The third-order valence-electron chi connectivity index (χ3n) is 4.04. The molecule has 146 valence electrons. The zero-order chi connectivity index (χ0) is 18.4. The predicted octanol–water partition coefficient (Wildman–Crippen LogP) is 3.16. The van der Waals surface area contributed by atoms with Gasteiger partial charge in [0.15, 0.2) is 5.96 Å². The van der Waals surface area contributed by atoms with E-state index in [0.717, 1.165) is 31.0 Å². The molecule has 1 aromatic heterocycles. The van der Waals surface area contributed by atoms with Gasteiger partial charge in [-0.25, -0.2) is 14.4 Å². The maximum absolute atomic E-state index is 13.0. The Morgan fingerprint density at radius 1 is 1.37 bits per heavy atom. The SMILES string of the molecule is CCNC(=NCc1ccnc(Oc2ccc(F)cc2)c1)N1CC[C@@H](O)C1.I. The number of likely N-dealkylation sites (tertiary alicyclic amines) is 1. The van der Waals surface area contributed by atoms with Crippen molar-refractivity contribution in [2.75, 3.05) is 19.6 Å². The Morgan fingerprint density at radius 3 is 2.81 bits per heavy atom. The highest BCUT2D eigenvalue weighted by molar-refractivity contribution is 14.0. The average molecular weight is 486 g/mol. The molecule has 0 aliphatic carbocycles. The molecule has 1 aliphatic heterocycles. The topological polar surface area (TPSA) is 70.0 Å². The van der Waals surface area contributed by atoms with Crippen LogP contribution in [0.5, 0.6) is 11.6 Å². The van der Waals surface area contributed by atoms with Crippen molar-refractivity contribution in [2.45, 2.75) is 26.0 Å². The molecular weight excluding hydrogens is 462 g/mol. The zero-order valence-electron chi connectivity index (χ0n) is 15.1. The van der Waals surface area contributed by atoms with Gasteiger partial charge in [0.25, 0.3) is 0 Å². The molecule has 2 aromatic rings. The van der Waals surface area contributed by atoms with Gasteiger partial charge < -0.3 is 20.1 Å². The first kappa shape index (κ1) is 21.4. The van der Waals surface area contributed by atoms with Gasteiger partial charge in [-0.05, 0) is 49.2 Å². The molecular formula is C19H24FIN4O2. The van der Waals surface area contributed by atoms with Gasteiger partial charge >= 0.3 is 0 Å². The van der Waals surface area contributed by atoms with Crippen molar-refractivity contribution in [1.82, 2.24) is 15.2 Å². The summed E-state index contributed by atoms with van der Waals surface area (Å²) in [7, 11) is 0. The summed E-state index contributed by atoms with van der Waals surface area (Å²) in [5.74, 6) is 1.45. The number of halogens is 2. The molecule has 27 heavy (non-hydrogen) atoms. The molecule has 0 amide bonds. The number of nitrogens with zero attached hydrogens (tertiary/aromatic N) is 3. The van der Waals surface area contributed by atoms with Crippen LogP contribution >= 0.6 is 24.0 Å². The Balaban J connectivity index is 0.00000261. The lowest BCUT2D eigenvalue weighted by atomic mass is 10.2. The van der Waals surface area contributed by atoms with E-state index >= 15 is 0 Å². The summed E-state index contributed by atoms with van der Waals surface area (Å²) in [6.45, 7) is 4.64. The Hall–Kier alpha value is -1.94. The zero-order valence-corrected chi connectivity index (χ0v) is 17.5. The lowest BCUT2D eigenvalue weighted by molar-refractivity contribution is 0.188. The number of aliphatic imine (C=N–C) groups is 1. The highest BCUT2D eigenvalue weighted by atomic mass is 127. The van der Waals surface area contributed by atoms with Crippen LogP contribution in [0.15, 0.2) is 47.6 Å². The summed E-state index contributed by atoms with van der Waals surface area (Å²) >= 11 is 0. The van der Waals surface area contributed by atoms with Crippen molar-refractivity contribution in [2.24, 2.45) is 4.99 Å². The first-order chi connectivity index (χ1) is 12.6. The summed E-state index contributed by atoms with van der Waals surface area (Å²) in [4.78, 5) is 10.9. The van der Waals surface area contributed by atoms with E-state index in [4.69, 9.17) is 4.74 Å². The van der Waals surface area contributed by atoms with Crippen LogP contribution in [0.2, 0.25) is 0 Å². The summed E-state index contributed by atoms with van der Waals surface area (Å²) in [5.41, 5.74) is 0.951. The van der Waals surface area contributed by atoms with Gasteiger partial charge in [-0.15, -0.1) is 24.0 Å². The number of aliphatic hydroxyl groups is 1. The number of guanidine groups is 1. The quantitative estimate of drug-likeness (QED) is 0.386. The highest BCUT2D eigenvalue weighted by Crippen LogP contribution is 2.20. The molecule has 1 fully saturated rings. The summed E-state index contributed by atoms with van der Waals surface area (Å²) in [6, 6.07) is 9.50. The van der Waals surface area contributed by atoms with Gasteiger partial charge in [-0.1, -0.05) is 0 Å². The van der Waals surface area contributed by atoms with Gasteiger partial charge in [0, 0.05) is 31.9 Å². The van der Waals surface area contributed by atoms with Gasteiger partial charge in [-0.3, -0.25) is 0 Å². The van der Waals surface area contributed by atoms with E-state index in [0.29, 0.717) is 24.7 Å². The molecule has 8 heteroatoms. The predicted molar refractivity (Wildman–Crippen MR) is 113 cm³/mol. The van der Waals surface area contributed by atoms with Crippen LogP contribution in [-0.2, 0) is 6.54 Å². The van der Waals surface area contributed by atoms with Gasteiger partial charge in [-0.2, -0.15) is 0 Å². The van der Waals surface area contributed by atoms with E-state index in [1.165, 1.54) is 12.1 Å². The van der Waals surface area contributed by atoms with Crippen molar-refractivity contribution in [1.29, 1.82) is 0 Å². The number of aliphatic hydroxyl groups excluding tert-OH is 1. The van der Waals surface area contributed by atoms with E-state index in [-0.39, 0.29) is 35.9 Å². The molecule has 0 saturated carbocycles. The minimum Gasteiger partial charge on any atom is -0.439 e. The van der Waals surface area contributed by atoms with Crippen molar-refractivity contribution < 1.29 is 14.2 Å². The molecule has 1 aliphatic rings. The average Bonchev–Trinajstić information content (AvgIpc) is 3.07. The molecule has 1 aromatic carbocycles. The van der Waals surface area contributed by atoms with Crippen molar-refractivity contribution in [3.8, 4) is 11.6 Å². The first-order valence-electron chi connectivity index (χ1n) is 8.73. The summed E-state index contributed by atoms with van der Waals surface area (Å²) < 4.78 is 18.6. The van der Waals surface area contributed by atoms with E-state index in [9.17, 15) is 9.50 Å². The smallest absolute Gasteiger partial charge is 0.219 e. The van der Waals surface area contributed by atoms with Crippen LogP contribution in [0.3, 0.4) is 0 Å². The van der Waals surface area contributed by atoms with Crippen molar-refractivity contribution in [3.63, 3.8) is 0 Å². The fourth-order valence-electron chi connectivity index (χ4n) is 2.75. The molecule has 2 heterocycles. The number of aromatic nitrogens is 1. The largest absolute Gasteiger partial charge is 0.439 e. The molecule has 6 nitrogen and oxygen atoms in total. The minimum absolute atomic E-state index is 0. The minimum atomic E-state index is -0.309. The normalized spacial score (nSPS) is 16.8. The van der Waals surface area contributed by atoms with Crippen LogP contribution in [0.4, 0.5) is 4.39 Å². The van der Waals surface area contributed by atoms with E-state index < -0.39 is 0 Å². The number of rotatable bonds is 5. The molecule has 0 unspecified atom stereocenters. The lowest BCUT2D eigenvalue weighted by Crippen LogP contribution is -2.40. The first-order valence-corrected chi connectivity index (χ1v) is 8.73. The molecule has 0 spiro atoms. The number of hydrogen-bond donors (Lipinski definition) is 2. The molecule has 3 rings (SSSR count). The molecule has 2 N–H and O–H groups in total. The number of pyridine rings is 1. The fraction of sp³-hybridized carbons (Fsp3) is 0.368. The van der Waals surface area contributed by atoms with E-state index in [1.807, 2.05) is 19.1 Å². The second-order valence-corrected chi connectivity index (χ2v) is 6.12. The second-order valence-electron chi connectivity index (χ2n) is 6.12. The van der Waals surface area contributed by atoms with Gasteiger partial charge in [0.2, 0.25) is 5.88 Å². The maximum Gasteiger partial charge on any atom is 0.219 e. The number of ether oxygens (including phenoxy) is 1. The second kappa shape index (κ2) is 10.4. The van der Waals surface area contributed by atoms with Crippen LogP contribution < -0.4 is 10.1 Å². The third kappa shape index (κ3) is 6.31. The molecule has 0 radical (unpaired) electrons. The number of β-amino-alcohol motifs (C(OH)–C–C–N with tert-alkyl or cyclic N) is 1. The van der Waals surface area contributed by atoms with Crippen LogP contribution in [0.25, 0.3) is 0 Å². The lowest BCUT2D eigenvalue weighted by Gasteiger charge is -2.20. The standard InChI is InChI=1S/C19H23FN4O2.HI/c1-2-21-19(24-10-8-16(25)13-24)23-12-14-7-9-22-18(11-14)26-17-5-3-15(20)4-6-17;/h3-7,9,11,16,25H,2,8,10,12-13H2,1H3,(H,21,23);1H/t16-;/m1./s1. The van der Waals surface area contributed by atoms with Gasteiger partial charge in [0.05, 0.1) is 12.6 Å². The van der Waals surface area contributed by atoms with Crippen LogP contribution in [0.1, 0.15) is 18.9 Å². The number of hydrogen-bond acceptors (Lipinski definition) is 4. The Labute approximate surface area is 175 Å². The highest BCUT2D eigenvalue weighted by Gasteiger charge is 2.22. The van der Waals surface area contributed by atoms with E-state index in [1.54, 1.807) is 18.3 Å². The van der Waals surface area contributed by atoms with Crippen molar-refractivity contribution >= 4 is 29.9 Å². The fourth-order valence-corrected chi connectivity index (χ4v) is 2.75. The Bertz CT molecular complexity index is 758. The maximum atomic E-state index is 13.0. The van der Waals surface area contributed by atoms with Crippen LogP contribution in [0, 0.1) is 5.82 Å². The van der Waals surface area contributed by atoms with Gasteiger partial charge in [0.1, 0.15) is 11.6 Å². The Kier molecular flexibility index (Phi) is 8.23. The van der Waals surface area contributed by atoms with E-state index in [2.05, 4.69) is 20.2 Å².